The number of thioether (sulfide) groups is 1. The van der Waals surface area contributed by atoms with E-state index in [9.17, 15) is 0 Å². The molecule has 0 spiro atoms. The smallest absolute Gasteiger partial charge is 0.193 e. The Bertz CT molecular complexity index is 708. The van der Waals surface area contributed by atoms with E-state index in [2.05, 4.69) is 78.6 Å². The fraction of sp³-hybridized carbons (Fsp3) is 0.500. The van der Waals surface area contributed by atoms with Crippen LogP contribution in [-0.4, -0.2) is 46.5 Å². The number of nitrogens with zero attached hydrogens (tertiary/aromatic N) is 4. The summed E-state index contributed by atoms with van der Waals surface area (Å²) in [5.74, 6) is 1.32. The van der Waals surface area contributed by atoms with Crippen molar-refractivity contribution in [3.05, 3.63) is 47.8 Å². The first-order valence-electron chi connectivity index (χ1n) is 9.06. The largest absolute Gasteiger partial charge is 0.355 e. The first-order valence-corrected chi connectivity index (χ1v) is 9.94. The second kappa shape index (κ2) is 9.67. The Hall–Kier alpha value is -1.95. The van der Waals surface area contributed by atoms with Gasteiger partial charge in [0, 0.05) is 56.1 Å². The predicted octanol–water partition coefficient (Wildman–Crippen LogP) is 3.73. The number of hydrogen-bond donors (Lipinski definition) is 1. The molecule has 1 N–H and O–H groups in total. The highest BCUT2D eigenvalue weighted by Gasteiger charge is 2.15. The van der Waals surface area contributed by atoms with Gasteiger partial charge in [-0.3, -0.25) is 9.67 Å². The molecule has 1 aromatic heterocycles. The van der Waals surface area contributed by atoms with E-state index in [1.54, 1.807) is 0 Å². The number of hydrogen-bond acceptors (Lipinski definition) is 3. The highest BCUT2D eigenvalue weighted by molar-refractivity contribution is 8.00. The van der Waals surface area contributed by atoms with Crippen LogP contribution in [0.5, 0.6) is 0 Å². The van der Waals surface area contributed by atoms with Crippen molar-refractivity contribution in [2.45, 2.75) is 43.4 Å². The number of aromatic nitrogens is 2. The van der Waals surface area contributed by atoms with Gasteiger partial charge in [-0.05, 0) is 18.1 Å². The van der Waals surface area contributed by atoms with Gasteiger partial charge in [0.05, 0.1) is 5.69 Å². The molecule has 1 heterocycles. The van der Waals surface area contributed by atoms with Crippen LogP contribution >= 0.6 is 11.8 Å². The molecule has 0 saturated heterocycles. The van der Waals surface area contributed by atoms with E-state index >= 15 is 0 Å². The van der Waals surface area contributed by atoms with E-state index in [4.69, 9.17) is 0 Å². The predicted molar refractivity (Wildman–Crippen MR) is 112 cm³/mol. The number of guanidine groups is 1. The Morgan fingerprint density at radius 3 is 2.58 bits per heavy atom. The van der Waals surface area contributed by atoms with Gasteiger partial charge < -0.3 is 10.2 Å². The van der Waals surface area contributed by atoms with Gasteiger partial charge in [0.25, 0.3) is 0 Å². The number of rotatable bonds is 7. The molecule has 6 heteroatoms. The van der Waals surface area contributed by atoms with Crippen LogP contribution in [0.15, 0.2) is 46.4 Å². The average Bonchev–Trinajstić information content (AvgIpc) is 2.97. The first kappa shape index (κ1) is 20.4. The molecule has 2 aromatic rings. The molecule has 2 rings (SSSR count). The Morgan fingerprint density at radius 2 is 1.96 bits per heavy atom. The summed E-state index contributed by atoms with van der Waals surface area (Å²) in [6.45, 7) is 8.25. The van der Waals surface area contributed by atoms with Crippen LogP contribution in [0.1, 0.15) is 37.9 Å². The zero-order chi connectivity index (χ0) is 19.1. The van der Waals surface area contributed by atoms with Crippen molar-refractivity contribution in [3.63, 3.8) is 0 Å². The molecule has 1 unspecified atom stereocenters. The van der Waals surface area contributed by atoms with Gasteiger partial charge in [-0.1, -0.05) is 39.0 Å². The van der Waals surface area contributed by atoms with Crippen molar-refractivity contribution in [2.75, 3.05) is 20.6 Å². The molecule has 0 bridgehead atoms. The summed E-state index contributed by atoms with van der Waals surface area (Å²) in [6, 6.07) is 10.5. The van der Waals surface area contributed by atoms with E-state index in [1.165, 1.54) is 10.5 Å². The van der Waals surface area contributed by atoms with Gasteiger partial charge in [-0.2, -0.15) is 5.10 Å². The van der Waals surface area contributed by atoms with Crippen LogP contribution in [0, 0.1) is 0 Å². The third-order valence-electron chi connectivity index (χ3n) is 4.09. The molecule has 1 aromatic carbocycles. The Morgan fingerprint density at radius 1 is 1.27 bits per heavy atom. The van der Waals surface area contributed by atoms with Crippen molar-refractivity contribution in [1.82, 2.24) is 20.0 Å². The zero-order valence-corrected chi connectivity index (χ0v) is 17.5. The summed E-state index contributed by atoms with van der Waals surface area (Å²) in [4.78, 5) is 7.89. The molecule has 0 aliphatic carbocycles. The maximum absolute atomic E-state index is 4.60. The van der Waals surface area contributed by atoms with Crippen molar-refractivity contribution in [1.29, 1.82) is 0 Å². The maximum Gasteiger partial charge on any atom is 0.193 e. The molecule has 0 aliphatic heterocycles. The minimum atomic E-state index is 0.414. The van der Waals surface area contributed by atoms with Crippen molar-refractivity contribution in [2.24, 2.45) is 12.0 Å². The van der Waals surface area contributed by atoms with Crippen LogP contribution < -0.4 is 5.32 Å². The fourth-order valence-corrected chi connectivity index (χ4v) is 3.83. The highest BCUT2D eigenvalue weighted by atomic mass is 32.2. The maximum atomic E-state index is 4.60. The fourth-order valence-electron chi connectivity index (χ4n) is 2.89. The first-order chi connectivity index (χ1) is 12.4. The quantitative estimate of drug-likeness (QED) is 0.456. The van der Waals surface area contributed by atoms with Crippen LogP contribution in [0.4, 0.5) is 0 Å². The molecule has 0 saturated carbocycles. The molecule has 0 fully saturated rings. The summed E-state index contributed by atoms with van der Waals surface area (Å²) in [5, 5.41) is 8.54. The van der Waals surface area contributed by atoms with E-state index in [1.807, 2.05) is 36.6 Å². The molecule has 142 valence electrons. The normalized spacial score (nSPS) is 13.1. The highest BCUT2D eigenvalue weighted by Crippen LogP contribution is 2.22. The third-order valence-corrected chi connectivity index (χ3v) is 5.21. The minimum Gasteiger partial charge on any atom is -0.355 e. The molecule has 26 heavy (non-hydrogen) atoms. The van der Waals surface area contributed by atoms with Gasteiger partial charge in [0.2, 0.25) is 0 Å². The Labute approximate surface area is 161 Å². The third kappa shape index (κ3) is 5.80. The van der Waals surface area contributed by atoms with Gasteiger partial charge in [-0.25, -0.2) is 0 Å². The van der Waals surface area contributed by atoms with Crippen molar-refractivity contribution < 1.29 is 0 Å². The van der Waals surface area contributed by atoms with E-state index in [0.717, 1.165) is 24.7 Å². The standard InChI is InChI=1S/C20H31N5S/c1-15(2)19-17(14-25(6)23-19)13-24(5)20(21-4)22-12-16(3)26-18-10-8-7-9-11-18/h7-11,14-16H,12-13H2,1-6H3,(H,21,22). The minimum absolute atomic E-state index is 0.414. The van der Waals surface area contributed by atoms with Crippen molar-refractivity contribution in [3.8, 4) is 0 Å². The lowest BCUT2D eigenvalue weighted by molar-refractivity contribution is 0.474. The lowest BCUT2D eigenvalue weighted by Gasteiger charge is -2.23. The lowest BCUT2D eigenvalue weighted by atomic mass is 10.1. The Balaban J connectivity index is 1.91. The molecule has 1 atom stereocenters. The number of benzene rings is 1. The van der Waals surface area contributed by atoms with Crippen LogP contribution in [0.25, 0.3) is 0 Å². The van der Waals surface area contributed by atoms with Gasteiger partial charge in [-0.15, -0.1) is 11.8 Å². The summed E-state index contributed by atoms with van der Waals surface area (Å²) in [5.41, 5.74) is 2.41. The molecule has 0 aliphatic rings. The van der Waals surface area contributed by atoms with Gasteiger partial charge in [0.1, 0.15) is 0 Å². The molecule has 0 radical (unpaired) electrons. The Kier molecular flexibility index (Phi) is 7.57. The molecular weight excluding hydrogens is 342 g/mol. The monoisotopic (exact) mass is 373 g/mol. The summed E-state index contributed by atoms with van der Waals surface area (Å²) in [6.07, 6.45) is 2.10. The molecule has 0 amide bonds. The number of aryl methyl sites for hydroxylation is 1. The van der Waals surface area contributed by atoms with Crippen molar-refractivity contribution >= 4 is 17.7 Å². The number of aliphatic imine (C=N–C) groups is 1. The average molecular weight is 374 g/mol. The SMILES string of the molecule is CN=C(NCC(C)Sc1ccccc1)N(C)Cc1cn(C)nc1C(C)C. The van der Waals surface area contributed by atoms with E-state index in [-0.39, 0.29) is 0 Å². The van der Waals surface area contributed by atoms with E-state index < -0.39 is 0 Å². The van der Waals surface area contributed by atoms with Gasteiger partial charge >= 0.3 is 0 Å². The van der Waals surface area contributed by atoms with Crippen LogP contribution in [0.3, 0.4) is 0 Å². The van der Waals surface area contributed by atoms with Gasteiger partial charge in [0.15, 0.2) is 5.96 Å². The van der Waals surface area contributed by atoms with Crippen LogP contribution in [-0.2, 0) is 13.6 Å². The summed E-state index contributed by atoms with van der Waals surface area (Å²) in [7, 11) is 5.88. The zero-order valence-electron chi connectivity index (χ0n) is 16.7. The van der Waals surface area contributed by atoms with E-state index in [0.29, 0.717) is 11.2 Å². The second-order valence-corrected chi connectivity index (χ2v) is 8.41. The summed E-state index contributed by atoms with van der Waals surface area (Å²) >= 11 is 1.87. The number of nitrogens with one attached hydrogen (secondary N) is 1. The summed E-state index contributed by atoms with van der Waals surface area (Å²) < 4.78 is 1.90. The molecular formula is C20H31N5S. The van der Waals surface area contributed by atoms with Crippen LogP contribution in [0.2, 0.25) is 0 Å². The topological polar surface area (TPSA) is 45.5 Å². The lowest BCUT2D eigenvalue weighted by Crippen LogP contribution is -2.41. The second-order valence-electron chi connectivity index (χ2n) is 6.89. The molecule has 5 nitrogen and oxygen atoms in total.